The Morgan fingerprint density at radius 2 is 2.20 bits per heavy atom. The molecule has 15 heavy (non-hydrogen) atoms. The van der Waals surface area contributed by atoms with Gasteiger partial charge in [0.25, 0.3) is 0 Å². The molecule has 84 valence electrons. The zero-order valence-electron chi connectivity index (χ0n) is 9.11. The van der Waals surface area contributed by atoms with Crippen LogP contribution in [0.3, 0.4) is 0 Å². The molecule has 0 radical (unpaired) electrons. The zero-order chi connectivity index (χ0) is 11.5. The lowest BCUT2D eigenvalue weighted by Gasteiger charge is -2.18. The van der Waals surface area contributed by atoms with Gasteiger partial charge in [-0.3, -0.25) is 0 Å². The van der Waals surface area contributed by atoms with Gasteiger partial charge in [0.1, 0.15) is 11.6 Å². The van der Waals surface area contributed by atoms with Gasteiger partial charge in [-0.05, 0) is 20.1 Å². The van der Waals surface area contributed by atoms with Crippen LogP contribution in [0.5, 0.6) is 0 Å². The van der Waals surface area contributed by atoms with E-state index in [1.54, 1.807) is 19.9 Å². The Kier molecular flexibility index (Phi) is 3.76. The molecular weight excluding hydrogens is 212 g/mol. The molecule has 1 aromatic heterocycles. The highest BCUT2D eigenvalue weighted by molar-refractivity contribution is 7.98. The third-order valence-corrected chi connectivity index (χ3v) is 2.16. The lowest BCUT2D eigenvalue weighted by atomic mass is 10.1. The van der Waals surface area contributed by atoms with Crippen LogP contribution in [0.2, 0.25) is 0 Å². The van der Waals surface area contributed by atoms with Crippen LogP contribution in [0, 0.1) is 0 Å². The van der Waals surface area contributed by atoms with Gasteiger partial charge in [-0.25, -0.2) is 9.97 Å². The fraction of sp³-hybridized carbons (Fsp3) is 0.556. The summed E-state index contributed by atoms with van der Waals surface area (Å²) in [4.78, 5) is 8.23. The minimum atomic E-state index is -0.779. The molecule has 0 atom stereocenters. The number of rotatable bonds is 4. The van der Waals surface area contributed by atoms with Crippen molar-refractivity contribution in [2.75, 3.05) is 23.9 Å². The second-order valence-electron chi connectivity index (χ2n) is 3.83. The van der Waals surface area contributed by atoms with Crippen molar-refractivity contribution >= 4 is 23.4 Å². The van der Waals surface area contributed by atoms with E-state index in [2.05, 4.69) is 15.3 Å². The molecule has 1 heterocycles. The first-order valence-electron chi connectivity index (χ1n) is 4.55. The normalized spacial score (nSPS) is 11.5. The zero-order valence-corrected chi connectivity index (χ0v) is 9.93. The number of hydrogen-bond acceptors (Lipinski definition) is 6. The molecule has 0 unspecified atom stereocenters. The number of aromatic nitrogens is 2. The van der Waals surface area contributed by atoms with Crippen LogP contribution < -0.4 is 11.1 Å². The number of nitrogens with zero attached hydrogens (tertiary/aromatic N) is 2. The summed E-state index contributed by atoms with van der Waals surface area (Å²) in [7, 11) is 0. The van der Waals surface area contributed by atoms with E-state index in [1.165, 1.54) is 11.8 Å². The maximum absolute atomic E-state index is 9.53. The Balaban J connectivity index is 2.73. The van der Waals surface area contributed by atoms with E-state index >= 15 is 0 Å². The summed E-state index contributed by atoms with van der Waals surface area (Å²) < 4.78 is 0. The SMILES string of the molecule is CSc1nc(N)cc(NCC(C)(C)O)n1. The van der Waals surface area contributed by atoms with E-state index in [9.17, 15) is 5.11 Å². The molecule has 5 nitrogen and oxygen atoms in total. The van der Waals surface area contributed by atoms with Crippen molar-refractivity contribution in [3.05, 3.63) is 6.07 Å². The highest BCUT2D eigenvalue weighted by Crippen LogP contribution is 2.15. The first-order valence-corrected chi connectivity index (χ1v) is 5.78. The molecule has 1 aromatic rings. The molecule has 4 N–H and O–H groups in total. The first kappa shape index (κ1) is 12.1. The average Bonchev–Trinajstić information content (AvgIpc) is 2.13. The number of nitrogens with two attached hydrogens (primary N) is 1. The summed E-state index contributed by atoms with van der Waals surface area (Å²) in [5, 5.41) is 13.2. The monoisotopic (exact) mass is 228 g/mol. The van der Waals surface area contributed by atoms with Gasteiger partial charge in [0, 0.05) is 12.6 Å². The molecule has 0 bridgehead atoms. The van der Waals surface area contributed by atoms with Gasteiger partial charge in [0.2, 0.25) is 0 Å². The summed E-state index contributed by atoms with van der Waals surface area (Å²) in [6.45, 7) is 3.86. The van der Waals surface area contributed by atoms with Crippen LogP contribution in [0.15, 0.2) is 11.2 Å². The molecule has 0 spiro atoms. The molecule has 0 fully saturated rings. The summed E-state index contributed by atoms with van der Waals surface area (Å²) in [5.41, 5.74) is 4.83. The predicted octanol–water partition coefficient (Wildman–Crippen LogP) is 0.964. The van der Waals surface area contributed by atoms with Crippen molar-refractivity contribution in [3.63, 3.8) is 0 Å². The molecule has 0 aliphatic carbocycles. The largest absolute Gasteiger partial charge is 0.389 e. The van der Waals surface area contributed by atoms with Crippen LogP contribution in [0.4, 0.5) is 11.6 Å². The van der Waals surface area contributed by atoms with Crippen LogP contribution >= 0.6 is 11.8 Å². The van der Waals surface area contributed by atoms with Crippen molar-refractivity contribution in [1.29, 1.82) is 0 Å². The minimum Gasteiger partial charge on any atom is -0.389 e. The highest BCUT2D eigenvalue weighted by Gasteiger charge is 2.12. The summed E-state index contributed by atoms with van der Waals surface area (Å²) in [6, 6.07) is 1.64. The first-order chi connectivity index (χ1) is 6.90. The number of hydrogen-bond donors (Lipinski definition) is 3. The van der Waals surface area contributed by atoms with Gasteiger partial charge < -0.3 is 16.2 Å². The Hall–Kier alpha value is -1.01. The molecule has 0 amide bonds. The Morgan fingerprint density at radius 3 is 2.73 bits per heavy atom. The van der Waals surface area contributed by atoms with Gasteiger partial charge in [0.05, 0.1) is 5.60 Å². The maximum Gasteiger partial charge on any atom is 0.191 e. The van der Waals surface area contributed by atoms with Crippen molar-refractivity contribution in [3.8, 4) is 0 Å². The number of nitrogen functional groups attached to an aromatic ring is 1. The minimum absolute atomic E-state index is 0.414. The lowest BCUT2D eigenvalue weighted by molar-refractivity contribution is 0.0944. The maximum atomic E-state index is 9.53. The molecule has 0 aliphatic heterocycles. The van der Waals surface area contributed by atoms with Gasteiger partial charge in [-0.2, -0.15) is 0 Å². The van der Waals surface area contributed by atoms with Crippen LogP contribution in [-0.2, 0) is 0 Å². The quantitative estimate of drug-likeness (QED) is 0.526. The van der Waals surface area contributed by atoms with Crippen LogP contribution in [-0.4, -0.2) is 33.5 Å². The smallest absolute Gasteiger partial charge is 0.191 e. The van der Waals surface area contributed by atoms with E-state index in [1.807, 2.05) is 6.26 Å². The summed E-state index contributed by atoms with van der Waals surface area (Å²) in [6.07, 6.45) is 1.88. The Morgan fingerprint density at radius 1 is 1.53 bits per heavy atom. The van der Waals surface area contributed by atoms with E-state index in [0.29, 0.717) is 23.3 Å². The molecule has 0 aromatic carbocycles. The van der Waals surface area contributed by atoms with E-state index in [-0.39, 0.29) is 0 Å². The van der Waals surface area contributed by atoms with E-state index < -0.39 is 5.60 Å². The predicted molar refractivity (Wildman–Crippen MR) is 63.0 cm³/mol. The molecule has 1 rings (SSSR count). The lowest BCUT2D eigenvalue weighted by Crippen LogP contribution is -2.29. The van der Waals surface area contributed by atoms with Crippen LogP contribution in [0.25, 0.3) is 0 Å². The number of nitrogens with one attached hydrogen (secondary N) is 1. The Bertz CT molecular complexity index is 337. The third kappa shape index (κ3) is 4.35. The van der Waals surface area contributed by atoms with E-state index in [4.69, 9.17) is 5.73 Å². The number of anilines is 2. The fourth-order valence-corrected chi connectivity index (χ4v) is 1.32. The molecular formula is C9H16N4OS. The van der Waals surface area contributed by atoms with Gasteiger partial charge in [-0.1, -0.05) is 11.8 Å². The third-order valence-electron chi connectivity index (χ3n) is 1.61. The topological polar surface area (TPSA) is 84.1 Å². The molecule has 0 saturated heterocycles. The second kappa shape index (κ2) is 4.67. The van der Waals surface area contributed by atoms with Crippen LogP contribution in [0.1, 0.15) is 13.8 Å². The molecule has 0 saturated carbocycles. The Labute approximate surface area is 93.5 Å². The van der Waals surface area contributed by atoms with Gasteiger partial charge >= 0.3 is 0 Å². The highest BCUT2D eigenvalue weighted by atomic mass is 32.2. The van der Waals surface area contributed by atoms with Gasteiger partial charge in [0.15, 0.2) is 5.16 Å². The van der Waals surface area contributed by atoms with Crippen molar-refractivity contribution in [1.82, 2.24) is 9.97 Å². The summed E-state index contributed by atoms with van der Waals surface area (Å²) >= 11 is 1.43. The molecule has 0 aliphatic rings. The van der Waals surface area contributed by atoms with Crippen molar-refractivity contribution in [2.24, 2.45) is 0 Å². The van der Waals surface area contributed by atoms with E-state index in [0.717, 1.165) is 0 Å². The van der Waals surface area contributed by atoms with Crippen molar-refractivity contribution < 1.29 is 5.11 Å². The molecule has 6 heteroatoms. The number of aliphatic hydroxyl groups is 1. The van der Waals surface area contributed by atoms with Gasteiger partial charge in [-0.15, -0.1) is 0 Å². The number of thioether (sulfide) groups is 1. The summed E-state index contributed by atoms with van der Waals surface area (Å²) in [5.74, 6) is 1.06. The van der Waals surface area contributed by atoms with Crippen molar-refractivity contribution in [2.45, 2.75) is 24.6 Å². The standard InChI is InChI=1S/C9H16N4OS/c1-9(2,14)5-11-7-4-6(10)12-8(13-7)15-3/h4,14H,5H2,1-3H3,(H3,10,11,12,13). The average molecular weight is 228 g/mol. The fourth-order valence-electron chi connectivity index (χ4n) is 0.932. The second-order valence-corrected chi connectivity index (χ2v) is 4.60.